The number of hydrogen-bond donors (Lipinski definition) is 1. The first-order valence-electron chi connectivity index (χ1n) is 11.0. The number of para-hydroxylation sites is 1. The largest absolute Gasteiger partial charge is 0.484 e. The van der Waals surface area contributed by atoms with Crippen LogP contribution in [0.4, 0.5) is 15.8 Å². The Morgan fingerprint density at radius 1 is 1.03 bits per heavy atom. The molecule has 1 saturated heterocycles. The van der Waals surface area contributed by atoms with Crippen LogP contribution in [0.2, 0.25) is 5.02 Å². The molecule has 1 amide bonds. The molecule has 7 nitrogen and oxygen atoms in total. The molecule has 35 heavy (non-hydrogen) atoms. The van der Waals surface area contributed by atoms with Gasteiger partial charge in [-0.1, -0.05) is 29.8 Å². The van der Waals surface area contributed by atoms with Crippen LogP contribution in [0.3, 0.4) is 0 Å². The summed E-state index contributed by atoms with van der Waals surface area (Å²) in [5.41, 5.74) is 1.74. The first kappa shape index (κ1) is 24.8. The highest BCUT2D eigenvalue weighted by Gasteiger charge is 2.23. The van der Waals surface area contributed by atoms with E-state index in [9.17, 15) is 17.6 Å². The molecule has 3 aromatic rings. The van der Waals surface area contributed by atoms with Crippen molar-refractivity contribution in [3.8, 4) is 5.75 Å². The zero-order valence-corrected chi connectivity index (χ0v) is 20.7. The van der Waals surface area contributed by atoms with Crippen molar-refractivity contribution in [2.24, 2.45) is 0 Å². The lowest BCUT2D eigenvalue weighted by Crippen LogP contribution is -2.50. The van der Waals surface area contributed by atoms with Crippen molar-refractivity contribution >= 4 is 38.9 Å². The fourth-order valence-electron chi connectivity index (χ4n) is 3.73. The molecule has 4 rings (SSSR count). The van der Waals surface area contributed by atoms with Crippen molar-refractivity contribution in [3.05, 3.63) is 83.1 Å². The molecule has 1 aliphatic heterocycles. The summed E-state index contributed by atoms with van der Waals surface area (Å²) in [6.07, 6.45) is 0. The minimum atomic E-state index is -3.81. The second-order valence-electron chi connectivity index (χ2n) is 8.15. The first-order valence-corrected chi connectivity index (χ1v) is 12.9. The molecule has 0 radical (unpaired) electrons. The fourth-order valence-corrected chi connectivity index (χ4v) is 4.96. The highest BCUT2D eigenvalue weighted by molar-refractivity contribution is 7.92. The average Bonchev–Trinajstić information content (AvgIpc) is 2.85. The lowest BCUT2D eigenvalue weighted by Gasteiger charge is -2.36. The van der Waals surface area contributed by atoms with E-state index in [0.29, 0.717) is 48.3 Å². The minimum Gasteiger partial charge on any atom is -0.484 e. The highest BCUT2D eigenvalue weighted by atomic mass is 35.5. The van der Waals surface area contributed by atoms with Gasteiger partial charge in [0, 0.05) is 31.2 Å². The SMILES string of the molecule is Cc1ccc(NS(=O)(=O)c2ccc(OCC(=O)N3CCN(c4ccccc4F)CC3)cc2)cc1Cl. The lowest BCUT2D eigenvalue weighted by atomic mass is 10.2. The van der Waals surface area contributed by atoms with Gasteiger partial charge in [0.05, 0.1) is 16.3 Å². The van der Waals surface area contributed by atoms with Gasteiger partial charge in [-0.15, -0.1) is 0 Å². The lowest BCUT2D eigenvalue weighted by molar-refractivity contribution is -0.133. The number of ether oxygens (including phenoxy) is 1. The third-order valence-corrected chi connectivity index (χ3v) is 7.55. The van der Waals surface area contributed by atoms with Crippen LogP contribution in [0.1, 0.15) is 5.56 Å². The van der Waals surface area contributed by atoms with E-state index in [2.05, 4.69) is 4.72 Å². The second-order valence-corrected chi connectivity index (χ2v) is 10.2. The van der Waals surface area contributed by atoms with Gasteiger partial charge >= 0.3 is 0 Å². The minimum absolute atomic E-state index is 0.0529. The number of aryl methyl sites for hydroxylation is 1. The second kappa shape index (κ2) is 10.5. The first-order chi connectivity index (χ1) is 16.7. The van der Waals surface area contributed by atoms with Crippen molar-refractivity contribution < 1.29 is 22.3 Å². The van der Waals surface area contributed by atoms with Crippen LogP contribution in [0.5, 0.6) is 5.75 Å². The zero-order chi connectivity index (χ0) is 25.0. The summed E-state index contributed by atoms with van der Waals surface area (Å²) < 4.78 is 47.3. The number of carbonyl (C=O) groups excluding carboxylic acids is 1. The summed E-state index contributed by atoms with van der Waals surface area (Å²) >= 11 is 6.07. The van der Waals surface area contributed by atoms with E-state index in [1.807, 2.05) is 11.8 Å². The molecular formula is C25H25ClFN3O4S. The molecule has 0 atom stereocenters. The normalized spacial score (nSPS) is 14.0. The highest BCUT2D eigenvalue weighted by Crippen LogP contribution is 2.24. The summed E-state index contributed by atoms with van der Waals surface area (Å²) in [6.45, 7) is 3.63. The van der Waals surface area contributed by atoms with E-state index in [4.69, 9.17) is 16.3 Å². The van der Waals surface area contributed by atoms with Gasteiger partial charge in [0.1, 0.15) is 11.6 Å². The van der Waals surface area contributed by atoms with Crippen LogP contribution in [0.15, 0.2) is 71.6 Å². The van der Waals surface area contributed by atoms with Gasteiger partial charge in [0.15, 0.2) is 6.61 Å². The van der Waals surface area contributed by atoms with Crippen LogP contribution >= 0.6 is 11.6 Å². The number of sulfonamides is 1. The fraction of sp³-hybridized carbons (Fsp3) is 0.240. The smallest absolute Gasteiger partial charge is 0.261 e. The van der Waals surface area contributed by atoms with Gasteiger partial charge in [-0.3, -0.25) is 9.52 Å². The Balaban J connectivity index is 1.29. The third-order valence-electron chi connectivity index (χ3n) is 5.75. The van der Waals surface area contributed by atoms with E-state index < -0.39 is 10.0 Å². The molecule has 0 unspecified atom stereocenters. The quantitative estimate of drug-likeness (QED) is 0.505. The Morgan fingerprint density at radius 3 is 2.37 bits per heavy atom. The molecule has 1 heterocycles. The Kier molecular flexibility index (Phi) is 7.47. The molecule has 0 spiro atoms. The number of hydrogen-bond acceptors (Lipinski definition) is 5. The number of amides is 1. The number of nitrogens with zero attached hydrogens (tertiary/aromatic N) is 2. The topological polar surface area (TPSA) is 78.9 Å². The van der Waals surface area contributed by atoms with Gasteiger partial charge in [-0.2, -0.15) is 0 Å². The van der Waals surface area contributed by atoms with Crippen molar-refractivity contribution in [1.82, 2.24) is 4.90 Å². The van der Waals surface area contributed by atoms with Crippen LogP contribution in [0.25, 0.3) is 0 Å². The monoisotopic (exact) mass is 517 g/mol. The van der Waals surface area contributed by atoms with Crippen LogP contribution in [0, 0.1) is 12.7 Å². The molecule has 10 heteroatoms. The molecule has 1 N–H and O–H groups in total. The van der Waals surface area contributed by atoms with Gasteiger partial charge in [0.25, 0.3) is 15.9 Å². The average molecular weight is 518 g/mol. The number of benzene rings is 3. The number of piperazine rings is 1. The molecule has 1 aliphatic rings. The van der Waals surface area contributed by atoms with Crippen molar-refractivity contribution in [3.63, 3.8) is 0 Å². The van der Waals surface area contributed by atoms with Crippen molar-refractivity contribution in [1.29, 1.82) is 0 Å². The van der Waals surface area contributed by atoms with Crippen molar-refractivity contribution in [2.75, 3.05) is 42.4 Å². The maximum absolute atomic E-state index is 14.0. The maximum atomic E-state index is 14.0. The molecule has 0 aliphatic carbocycles. The summed E-state index contributed by atoms with van der Waals surface area (Å²) in [5, 5.41) is 0.465. The van der Waals surface area contributed by atoms with E-state index in [1.54, 1.807) is 41.3 Å². The van der Waals surface area contributed by atoms with Gasteiger partial charge < -0.3 is 14.5 Å². The van der Waals surface area contributed by atoms with E-state index in [-0.39, 0.29) is 23.2 Å². The maximum Gasteiger partial charge on any atom is 0.261 e. The summed E-state index contributed by atoms with van der Waals surface area (Å²) in [5.74, 6) is -0.0904. The Morgan fingerprint density at radius 2 is 1.71 bits per heavy atom. The van der Waals surface area contributed by atoms with Gasteiger partial charge in [0.2, 0.25) is 0 Å². The molecule has 0 bridgehead atoms. The number of nitrogens with one attached hydrogen (secondary N) is 1. The van der Waals surface area contributed by atoms with E-state index in [0.717, 1.165) is 5.56 Å². The Bertz CT molecular complexity index is 1310. The Labute approximate surface area is 209 Å². The molecule has 0 saturated carbocycles. The molecular weight excluding hydrogens is 493 g/mol. The zero-order valence-electron chi connectivity index (χ0n) is 19.1. The third kappa shape index (κ3) is 6.04. The van der Waals surface area contributed by atoms with Crippen LogP contribution in [-0.2, 0) is 14.8 Å². The number of halogens is 2. The summed E-state index contributed by atoms with van der Waals surface area (Å²) in [6, 6.07) is 17.3. The van der Waals surface area contributed by atoms with E-state index in [1.165, 1.54) is 30.3 Å². The van der Waals surface area contributed by atoms with Crippen molar-refractivity contribution in [2.45, 2.75) is 11.8 Å². The number of rotatable bonds is 7. The predicted molar refractivity (Wildman–Crippen MR) is 134 cm³/mol. The molecule has 1 fully saturated rings. The van der Waals surface area contributed by atoms with E-state index >= 15 is 0 Å². The molecule has 0 aromatic heterocycles. The van der Waals surface area contributed by atoms with Crippen LogP contribution in [-0.4, -0.2) is 52.0 Å². The van der Waals surface area contributed by atoms with Gasteiger partial charge in [-0.05, 0) is 61.0 Å². The van der Waals surface area contributed by atoms with Crippen LogP contribution < -0.4 is 14.4 Å². The number of carbonyl (C=O) groups is 1. The van der Waals surface area contributed by atoms with Gasteiger partial charge in [-0.25, -0.2) is 12.8 Å². The molecule has 184 valence electrons. The number of anilines is 2. The molecule has 3 aromatic carbocycles. The summed E-state index contributed by atoms with van der Waals surface area (Å²) in [7, 11) is -3.81. The summed E-state index contributed by atoms with van der Waals surface area (Å²) in [4.78, 5) is 16.2. The standard InChI is InChI=1S/C25H25ClFN3O4S/c1-18-6-7-19(16-22(18)26)28-35(32,33)21-10-8-20(9-11-21)34-17-25(31)30-14-12-29(13-15-30)24-5-3-2-4-23(24)27/h2-11,16,28H,12-15,17H2,1H3. The Hall–Kier alpha value is -3.30. The predicted octanol–water partition coefficient (Wildman–Crippen LogP) is 4.32.